The van der Waals surface area contributed by atoms with E-state index >= 15 is 0 Å². The van der Waals surface area contributed by atoms with Gasteiger partial charge in [-0.3, -0.25) is 9.88 Å². The third-order valence-corrected chi connectivity index (χ3v) is 4.65. The summed E-state index contributed by atoms with van der Waals surface area (Å²) in [4.78, 5) is 20.2. The maximum absolute atomic E-state index is 12.3. The summed E-state index contributed by atoms with van der Waals surface area (Å²) in [6, 6.07) is 7.43. The lowest BCUT2D eigenvalue weighted by Crippen LogP contribution is -2.49. The predicted molar refractivity (Wildman–Crippen MR) is 109 cm³/mol. The summed E-state index contributed by atoms with van der Waals surface area (Å²) < 4.78 is 11.1. The van der Waals surface area contributed by atoms with E-state index < -0.39 is 0 Å². The van der Waals surface area contributed by atoms with Crippen LogP contribution in [0.2, 0.25) is 5.02 Å². The number of piperazine rings is 1. The number of anilines is 1. The fourth-order valence-corrected chi connectivity index (χ4v) is 3.16. The van der Waals surface area contributed by atoms with Crippen molar-refractivity contribution in [3.05, 3.63) is 47.2 Å². The van der Waals surface area contributed by atoms with Crippen LogP contribution in [0, 0.1) is 0 Å². The van der Waals surface area contributed by atoms with Crippen LogP contribution in [0.4, 0.5) is 10.5 Å². The van der Waals surface area contributed by atoms with Crippen molar-refractivity contribution < 1.29 is 14.3 Å². The van der Waals surface area contributed by atoms with E-state index in [1.165, 1.54) is 12.4 Å². The zero-order valence-electron chi connectivity index (χ0n) is 16.1. The molecule has 0 aliphatic carbocycles. The van der Waals surface area contributed by atoms with Gasteiger partial charge in [0.05, 0.1) is 29.2 Å². The number of carbonyl (C=O) groups excluding carboxylic acids is 1. The lowest BCUT2D eigenvalue weighted by molar-refractivity contribution is 0.108. The molecule has 8 heteroatoms. The molecule has 0 unspecified atom stereocenters. The van der Waals surface area contributed by atoms with Crippen LogP contribution in [-0.2, 0) is 6.54 Å². The number of hydrogen-bond acceptors (Lipinski definition) is 6. The molecule has 0 bridgehead atoms. The van der Waals surface area contributed by atoms with E-state index in [0.29, 0.717) is 35.3 Å². The summed E-state index contributed by atoms with van der Waals surface area (Å²) >= 11 is 6.20. The van der Waals surface area contributed by atoms with Crippen LogP contribution < -0.4 is 15.2 Å². The highest BCUT2D eigenvalue weighted by atomic mass is 35.5. The van der Waals surface area contributed by atoms with E-state index in [1.54, 1.807) is 11.0 Å². The molecule has 0 spiro atoms. The number of benzene rings is 1. The molecule has 150 valence electrons. The van der Waals surface area contributed by atoms with Crippen LogP contribution in [0.3, 0.4) is 0 Å². The van der Waals surface area contributed by atoms with Crippen molar-refractivity contribution >= 4 is 23.4 Å². The molecule has 2 aromatic rings. The van der Waals surface area contributed by atoms with Gasteiger partial charge in [-0.15, -0.1) is 0 Å². The minimum atomic E-state index is -0.383. The Balaban J connectivity index is 1.52. The van der Waals surface area contributed by atoms with Gasteiger partial charge in [0.1, 0.15) is 5.75 Å². The van der Waals surface area contributed by atoms with Gasteiger partial charge in [0.15, 0.2) is 5.75 Å². The zero-order chi connectivity index (χ0) is 20.1. The molecule has 7 nitrogen and oxygen atoms in total. The van der Waals surface area contributed by atoms with E-state index in [9.17, 15) is 4.79 Å². The summed E-state index contributed by atoms with van der Waals surface area (Å²) in [5.74, 6) is 1.05. The highest BCUT2D eigenvalue weighted by Gasteiger charge is 2.23. The number of hydrogen-bond donors (Lipinski definition) is 1. The standard InChI is InChI=1S/C20H25ClN4O3/c1-14(2)27-19-9-15(3-4-18(19)21)13-24-5-7-25(8-6-24)20(26)28-17-10-16(22)11-23-12-17/h3-4,9-12,14H,5-8,13,22H2,1-2H3. The zero-order valence-corrected chi connectivity index (χ0v) is 16.9. The van der Waals surface area contributed by atoms with Crippen LogP contribution in [0.5, 0.6) is 11.5 Å². The first kappa shape index (κ1) is 20.2. The first-order chi connectivity index (χ1) is 13.4. The number of pyridine rings is 1. The number of carbonyl (C=O) groups is 1. The molecule has 1 aromatic carbocycles. The number of halogens is 1. The SMILES string of the molecule is CC(C)Oc1cc(CN2CCN(C(=O)Oc3cncc(N)c3)CC2)ccc1Cl. The second-order valence-electron chi connectivity index (χ2n) is 7.02. The predicted octanol–water partition coefficient (Wildman–Crippen LogP) is 3.42. The monoisotopic (exact) mass is 404 g/mol. The molecule has 0 saturated carbocycles. The van der Waals surface area contributed by atoms with E-state index in [1.807, 2.05) is 32.0 Å². The van der Waals surface area contributed by atoms with Crippen LogP contribution in [-0.4, -0.2) is 53.2 Å². The summed E-state index contributed by atoms with van der Waals surface area (Å²) in [5.41, 5.74) is 7.24. The Morgan fingerprint density at radius 2 is 1.96 bits per heavy atom. The highest BCUT2D eigenvalue weighted by molar-refractivity contribution is 6.32. The molecule has 0 radical (unpaired) electrons. The average Bonchev–Trinajstić information content (AvgIpc) is 2.64. The minimum Gasteiger partial charge on any atom is -0.489 e. The number of rotatable bonds is 5. The summed E-state index contributed by atoms with van der Waals surface area (Å²) in [5, 5.41) is 0.612. The van der Waals surface area contributed by atoms with Crippen molar-refractivity contribution in [3.63, 3.8) is 0 Å². The molecule has 2 heterocycles. The van der Waals surface area contributed by atoms with E-state index in [0.717, 1.165) is 25.2 Å². The molecular formula is C20H25ClN4O3. The van der Waals surface area contributed by atoms with Crippen LogP contribution in [0.1, 0.15) is 19.4 Å². The first-order valence-electron chi connectivity index (χ1n) is 9.25. The van der Waals surface area contributed by atoms with Crippen molar-refractivity contribution in [2.24, 2.45) is 0 Å². The van der Waals surface area contributed by atoms with E-state index in [4.69, 9.17) is 26.8 Å². The lowest BCUT2D eigenvalue weighted by atomic mass is 10.2. The Labute approximate surface area is 170 Å². The molecule has 1 aromatic heterocycles. The molecule has 1 amide bonds. The van der Waals surface area contributed by atoms with Gasteiger partial charge in [-0.25, -0.2) is 4.79 Å². The first-order valence-corrected chi connectivity index (χ1v) is 9.63. The lowest BCUT2D eigenvalue weighted by Gasteiger charge is -2.34. The van der Waals surface area contributed by atoms with Crippen molar-refractivity contribution in [1.29, 1.82) is 0 Å². The normalized spacial score (nSPS) is 14.9. The minimum absolute atomic E-state index is 0.0671. The number of amides is 1. The summed E-state index contributed by atoms with van der Waals surface area (Å²) in [6.45, 7) is 7.42. The third kappa shape index (κ3) is 5.50. The number of aromatic nitrogens is 1. The second kappa shape index (κ2) is 9.12. The fraction of sp³-hybridized carbons (Fsp3) is 0.400. The van der Waals surface area contributed by atoms with Crippen molar-refractivity contribution in [2.75, 3.05) is 31.9 Å². The van der Waals surface area contributed by atoms with Crippen LogP contribution in [0.15, 0.2) is 36.7 Å². The second-order valence-corrected chi connectivity index (χ2v) is 7.42. The van der Waals surface area contributed by atoms with Gasteiger partial charge >= 0.3 is 6.09 Å². The molecule has 1 saturated heterocycles. The Bertz CT molecular complexity index is 823. The fourth-order valence-electron chi connectivity index (χ4n) is 2.99. The van der Waals surface area contributed by atoms with Gasteiger partial charge in [-0.2, -0.15) is 0 Å². The van der Waals surface area contributed by atoms with E-state index in [2.05, 4.69) is 9.88 Å². The molecule has 1 fully saturated rings. The molecule has 0 atom stereocenters. The highest BCUT2D eigenvalue weighted by Crippen LogP contribution is 2.27. The summed E-state index contributed by atoms with van der Waals surface area (Å²) in [7, 11) is 0. The average molecular weight is 405 g/mol. The van der Waals surface area contributed by atoms with Gasteiger partial charge in [-0.1, -0.05) is 17.7 Å². The smallest absolute Gasteiger partial charge is 0.415 e. The molecule has 28 heavy (non-hydrogen) atoms. The Morgan fingerprint density at radius 3 is 2.64 bits per heavy atom. The van der Waals surface area contributed by atoms with Gasteiger partial charge in [0, 0.05) is 38.8 Å². The number of nitrogens with zero attached hydrogens (tertiary/aromatic N) is 3. The Kier molecular flexibility index (Phi) is 6.59. The van der Waals surface area contributed by atoms with Crippen molar-refractivity contribution in [3.8, 4) is 11.5 Å². The Hall–Kier alpha value is -2.51. The topological polar surface area (TPSA) is 80.9 Å². The quantitative estimate of drug-likeness (QED) is 0.822. The number of nitrogens with two attached hydrogens (primary N) is 1. The molecule has 1 aliphatic heterocycles. The van der Waals surface area contributed by atoms with Gasteiger partial charge in [0.2, 0.25) is 0 Å². The van der Waals surface area contributed by atoms with Crippen LogP contribution in [0.25, 0.3) is 0 Å². The molecular weight excluding hydrogens is 380 g/mol. The van der Waals surface area contributed by atoms with E-state index in [-0.39, 0.29) is 12.2 Å². The van der Waals surface area contributed by atoms with Crippen molar-refractivity contribution in [2.45, 2.75) is 26.5 Å². The van der Waals surface area contributed by atoms with Crippen LogP contribution >= 0.6 is 11.6 Å². The molecule has 2 N–H and O–H groups in total. The summed E-state index contributed by atoms with van der Waals surface area (Å²) in [6.07, 6.45) is 2.66. The third-order valence-electron chi connectivity index (χ3n) is 4.33. The molecule has 1 aliphatic rings. The molecule has 3 rings (SSSR count). The maximum atomic E-state index is 12.3. The Morgan fingerprint density at radius 1 is 1.21 bits per heavy atom. The van der Waals surface area contributed by atoms with Gasteiger partial charge < -0.3 is 20.1 Å². The largest absolute Gasteiger partial charge is 0.489 e. The number of nitrogen functional groups attached to an aromatic ring is 1. The number of ether oxygens (including phenoxy) is 2. The maximum Gasteiger partial charge on any atom is 0.415 e. The van der Waals surface area contributed by atoms with Crippen molar-refractivity contribution in [1.82, 2.24) is 14.8 Å². The van der Waals surface area contributed by atoms with Gasteiger partial charge in [-0.05, 0) is 31.5 Å². The van der Waals surface area contributed by atoms with Gasteiger partial charge in [0.25, 0.3) is 0 Å².